The molecule has 5 amide bonds. The minimum atomic E-state index is -0.961. The lowest BCUT2D eigenvalue weighted by molar-refractivity contribution is -0.128. The van der Waals surface area contributed by atoms with Crippen LogP contribution in [0, 0.1) is 5.92 Å². The number of carbonyl (C=O) groups excluding carboxylic acids is 4. The third kappa shape index (κ3) is 9.47. The summed E-state index contributed by atoms with van der Waals surface area (Å²) in [5.41, 5.74) is 12.5. The van der Waals surface area contributed by atoms with E-state index in [2.05, 4.69) is 53.3 Å². The highest BCUT2D eigenvalue weighted by atomic mass is 16.5. The van der Waals surface area contributed by atoms with Crippen molar-refractivity contribution < 1.29 is 23.9 Å². The molecule has 1 aliphatic rings. The second-order valence-corrected chi connectivity index (χ2v) is 12.3. The van der Waals surface area contributed by atoms with Crippen molar-refractivity contribution in [2.24, 2.45) is 11.7 Å². The molecule has 0 aromatic heterocycles. The van der Waals surface area contributed by atoms with Crippen molar-refractivity contribution in [3.8, 4) is 11.1 Å². The van der Waals surface area contributed by atoms with E-state index in [9.17, 15) is 19.2 Å². The van der Waals surface area contributed by atoms with Crippen molar-refractivity contribution in [2.75, 3.05) is 18.5 Å². The second-order valence-electron chi connectivity index (χ2n) is 12.3. The number of hydrogen-bond donors (Lipinski definition) is 5. The summed E-state index contributed by atoms with van der Waals surface area (Å²) >= 11 is 0. The van der Waals surface area contributed by atoms with Crippen LogP contribution in [-0.4, -0.2) is 49.2 Å². The van der Waals surface area contributed by atoms with Crippen molar-refractivity contribution in [1.82, 2.24) is 16.0 Å². The average molecular weight is 654 g/mol. The molecule has 4 rings (SSSR count). The Bertz CT molecular complexity index is 1570. The lowest BCUT2D eigenvalue weighted by atomic mass is 9.98. The number of ether oxygens (including phenoxy) is 1. The first kappa shape index (κ1) is 35.7. The van der Waals surface area contributed by atoms with E-state index in [0.29, 0.717) is 12.1 Å². The van der Waals surface area contributed by atoms with Gasteiger partial charge in [-0.15, -0.1) is 0 Å². The molecule has 10 heteroatoms. The maximum absolute atomic E-state index is 13.6. The van der Waals surface area contributed by atoms with Crippen LogP contribution in [0.3, 0.4) is 0 Å². The van der Waals surface area contributed by atoms with Gasteiger partial charge in [0, 0.05) is 18.2 Å². The van der Waals surface area contributed by atoms with E-state index < -0.39 is 36.0 Å². The zero-order valence-corrected chi connectivity index (χ0v) is 28.2. The number of benzene rings is 3. The Balaban J connectivity index is 1.40. The summed E-state index contributed by atoms with van der Waals surface area (Å²) in [6, 6.07) is 21.0. The van der Waals surface area contributed by atoms with Crippen molar-refractivity contribution in [1.29, 1.82) is 0 Å². The highest BCUT2D eigenvalue weighted by Gasteiger charge is 2.32. The molecule has 0 aliphatic heterocycles. The van der Waals surface area contributed by atoms with Gasteiger partial charge in [0.05, 0.1) is 0 Å². The largest absolute Gasteiger partial charge is 0.449 e. The summed E-state index contributed by atoms with van der Waals surface area (Å²) in [4.78, 5) is 51.2. The van der Waals surface area contributed by atoms with Crippen molar-refractivity contribution >= 4 is 35.7 Å². The van der Waals surface area contributed by atoms with E-state index in [4.69, 9.17) is 10.5 Å². The number of fused-ring (bicyclic) bond motifs is 3. The SMILES string of the molecule is CCC(=Cc1ccc(NC(=O)[C@H](CCCNC(N)=O)NC(=O)[C@H](NC(=O)OCC2c3ccccc3-c3ccccc32)C(C)C)cc1)CC. The third-order valence-electron chi connectivity index (χ3n) is 8.63. The maximum Gasteiger partial charge on any atom is 0.407 e. The Labute approximate surface area is 282 Å². The molecular weight excluding hydrogens is 606 g/mol. The second kappa shape index (κ2) is 17.2. The Kier molecular flexibility index (Phi) is 12.8. The molecule has 1 aliphatic carbocycles. The number of urea groups is 1. The lowest BCUT2D eigenvalue weighted by Crippen LogP contribution is -2.54. The number of hydrogen-bond acceptors (Lipinski definition) is 5. The van der Waals surface area contributed by atoms with Crippen LogP contribution in [0.4, 0.5) is 15.3 Å². The number of rotatable bonds is 15. The summed E-state index contributed by atoms with van der Waals surface area (Å²) < 4.78 is 5.69. The molecule has 0 unspecified atom stereocenters. The topological polar surface area (TPSA) is 152 Å². The van der Waals surface area contributed by atoms with Crippen LogP contribution in [0.5, 0.6) is 0 Å². The molecule has 0 saturated heterocycles. The summed E-state index contributed by atoms with van der Waals surface area (Å²) in [5.74, 6) is -1.37. The summed E-state index contributed by atoms with van der Waals surface area (Å²) in [6.07, 6.45) is 3.96. The first-order chi connectivity index (χ1) is 23.1. The molecule has 48 heavy (non-hydrogen) atoms. The van der Waals surface area contributed by atoms with Gasteiger partial charge in [0.2, 0.25) is 11.8 Å². The molecule has 10 nitrogen and oxygen atoms in total. The highest BCUT2D eigenvalue weighted by Crippen LogP contribution is 2.44. The lowest BCUT2D eigenvalue weighted by Gasteiger charge is -2.25. The molecule has 254 valence electrons. The summed E-state index contributed by atoms with van der Waals surface area (Å²) in [6.45, 7) is 8.19. The van der Waals surface area contributed by atoms with E-state index in [1.807, 2.05) is 60.7 Å². The van der Waals surface area contributed by atoms with Gasteiger partial charge in [0.15, 0.2) is 0 Å². The average Bonchev–Trinajstić information content (AvgIpc) is 3.40. The maximum atomic E-state index is 13.6. The molecule has 3 aromatic carbocycles. The van der Waals surface area contributed by atoms with Crippen molar-refractivity contribution in [3.63, 3.8) is 0 Å². The molecule has 0 saturated carbocycles. The Morgan fingerprint density at radius 2 is 1.44 bits per heavy atom. The predicted molar refractivity (Wildman–Crippen MR) is 189 cm³/mol. The van der Waals surface area contributed by atoms with Gasteiger partial charge in [-0.05, 0) is 71.6 Å². The molecule has 0 heterocycles. The molecule has 0 radical (unpaired) electrons. The zero-order valence-electron chi connectivity index (χ0n) is 28.2. The van der Waals surface area contributed by atoms with Gasteiger partial charge in [0.1, 0.15) is 18.7 Å². The van der Waals surface area contributed by atoms with Crippen LogP contribution in [0.2, 0.25) is 0 Å². The predicted octanol–water partition coefficient (Wildman–Crippen LogP) is 6.33. The van der Waals surface area contributed by atoms with Gasteiger partial charge in [-0.2, -0.15) is 0 Å². The Morgan fingerprint density at radius 1 is 0.833 bits per heavy atom. The molecule has 0 bridgehead atoms. The van der Waals surface area contributed by atoms with Crippen LogP contribution >= 0.6 is 0 Å². The smallest absolute Gasteiger partial charge is 0.407 e. The molecular formula is C38H47N5O5. The van der Waals surface area contributed by atoms with Crippen LogP contribution in [-0.2, 0) is 14.3 Å². The van der Waals surface area contributed by atoms with E-state index in [1.165, 1.54) is 5.57 Å². The highest BCUT2D eigenvalue weighted by molar-refractivity contribution is 5.98. The Morgan fingerprint density at radius 3 is 2.00 bits per heavy atom. The summed E-state index contributed by atoms with van der Waals surface area (Å²) in [5, 5.41) is 10.9. The minimum absolute atomic E-state index is 0.108. The first-order valence-corrected chi connectivity index (χ1v) is 16.7. The number of alkyl carbamates (subject to hydrolysis) is 1. The third-order valence-corrected chi connectivity index (χ3v) is 8.63. The normalized spacial score (nSPS) is 13.0. The molecule has 3 aromatic rings. The van der Waals surface area contributed by atoms with E-state index >= 15 is 0 Å². The molecule has 6 N–H and O–H groups in total. The van der Waals surface area contributed by atoms with Gasteiger partial charge in [-0.3, -0.25) is 9.59 Å². The zero-order chi connectivity index (χ0) is 34.6. The fraction of sp³-hybridized carbons (Fsp3) is 0.368. The van der Waals surface area contributed by atoms with Gasteiger partial charge in [-0.25, -0.2) is 9.59 Å². The van der Waals surface area contributed by atoms with Crippen LogP contribution < -0.4 is 27.0 Å². The van der Waals surface area contributed by atoms with E-state index in [-0.39, 0.29) is 31.4 Å². The number of anilines is 1. The Hall–Kier alpha value is -5.12. The quantitative estimate of drug-likeness (QED) is 0.122. The van der Waals surface area contributed by atoms with Crippen molar-refractivity contribution in [2.45, 2.75) is 71.4 Å². The number of amides is 5. The summed E-state index contributed by atoms with van der Waals surface area (Å²) in [7, 11) is 0. The van der Waals surface area contributed by atoms with Crippen LogP contribution in [0.1, 0.15) is 76.0 Å². The van der Waals surface area contributed by atoms with E-state index in [1.54, 1.807) is 13.8 Å². The van der Waals surface area contributed by atoms with Gasteiger partial charge in [-0.1, -0.05) is 100 Å². The minimum Gasteiger partial charge on any atom is -0.449 e. The number of nitrogens with two attached hydrogens (primary N) is 1. The fourth-order valence-electron chi connectivity index (χ4n) is 5.93. The number of allylic oxidation sites excluding steroid dienone is 1. The van der Waals surface area contributed by atoms with Crippen LogP contribution in [0.15, 0.2) is 78.4 Å². The first-order valence-electron chi connectivity index (χ1n) is 16.7. The number of carbonyl (C=O) groups is 4. The van der Waals surface area contributed by atoms with Crippen LogP contribution in [0.25, 0.3) is 17.2 Å². The number of nitrogens with one attached hydrogen (secondary N) is 4. The molecule has 2 atom stereocenters. The molecule has 0 spiro atoms. The van der Waals surface area contributed by atoms with Gasteiger partial charge < -0.3 is 31.7 Å². The fourth-order valence-corrected chi connectivity index (χ4v) is 5.93. The molecule has 0 fully saturated rings. The van der Waals surface area contributed by atoms with Gasteiger partial charge in [0.25, 0.3) is 0 Å². The van der Waals surface area contributed by atoms with Gasteiger partial charge >= 0.3 is 12.1 Å². The van der Waals surface area contributed by atoms with E-state index in [0.717, 1.165) is 40.7 Å². The monoisotopic (exact) mass is 653 g/mol. The van der Waals surface area contributed by atoms with Crippen molar-refractivity contribution in [3.05, 3.63) is 95.1 Å². The number of primary amides is 1. The standard InChI is InChI=1S/C38H47N5O5/c1-5-25(6-2)22-26-17-19-27(20-18-26)41-35(44)33(16-11-21-40-37(39)46)42-36(45)34(24(3)4)43-38(47)48-23-32-30-14-9-7-12-28(30)29-13-8-10-15-31(29)32/h7-10,12-15,17-20,22,24,32-34H,5-6,11,16,21,23H2,1-4H3,(H,41,44)(H,42,45)(H,43,47)(H3,39,40,46)/t33-,34+/m0/s1.